The summed E-state index contributed by atoms with van der Waals surface area (Å²) in [6.45, 7) is 2.55. The lowest BCUT2D eigenvalue weighted by molar-refractivity contribution is 0.340. The molecule has 2 aromatic heterocycles. The third-order valence-corrected chi connectivity index (χ3v) is 6.90. The lowest BCUT2D eigenvalue weighted by atomic mass is 9.99. The van der Waals surface area contributed by atoms with E-state index >= 15 is 0 Å². The van der Waals surface area contributed by atoms with Crippen molar-refractivity contribution in [2.24, 2.45) is 14.1 Å². The molecule has 1 atom stereocenters. The first-order chi connectivity index (χ1) is 17.5. The summed E-state index contributed by atoms with van der Waals surface area (Å²) in [4.78, 5) is 26.8. The number of nitrogens with zero attached hydrogens (tertiary/aromatic N) is 3. The van der Waals surface area contributed by atoms with Crippen molar-refractivity contribution >= 4 is 16.6 Å². The number of hydrogen-bond acceptors (Lipinski definition) is 4. The monoisotopic (exact) mass is 478 g/mol. The van der Waals surface area contributed by atoms with Gasteiger partial charge in [0.2, 0.25) is 0 Å². The molecule has 0 bridgehead atoms. The average Bonchev–Trinajstić information content (AvgIpc) is 3.28. The first-order valence-electron chi connectivity index (χ1n) is 12.0. The van der Waals surface area contributed by atoms with Gasteiger partial charge in [0.15, 0.2) is 0 Å². The van der Waals surface area contributed by atoms with E-state index in [-0.39, 0.29) is 17.3 Å². The van der Waals surface area contributed by atoms with E-state index in [4.69, 9.17) is 4.74 Å². The summed E-state index contributed by atoms with van der Waals surface area (Å²) in [6, 6.07) is 25.6. The highest BCUT2D eigenvalue weighted by atomic mass is 16.5. The minimum absolute atomic E-state index is 0.298. The molecule has 0 saturated carbocycles. The molecule has 5 aromatic rings. The highest BCUT2D eigenvalue weighted by Gasteiger charge is 2.34. The zero-order chi connectivity index (χ0) is 25.0. The number of para-hydroxylation sites is 2. The molecule has 180 valence electrons. The Morgan fingerprint density at radius 3 is 2.28 bits per heavy atom. The highest BCUT2D eigenvalue weighted by Crippen LogP contribution is 2.45. The Hall–Kier alpha value is -4.52. The molecule has 1 N–H and O–H groups in total. The number of aromatic nitrogens is 3. The second-order valence-corrected chi connectivity index (χ2v) is 8.96. The van der Waals surface area contributed by atoms with Crippen molar-refractivity contribution in [2.45, 2.75) is 13.0 Å². The van der Waals surface area contributed by atoms with Crippen LogP contribution >= 0.6 is 0 Å². The average molecular weight is 479 g/mol. The van der Waals surface area contributed by atoms with E-state index in [9.17, 15) is 9.59 Å². The summed E-state index contributed by atoms with van der Waals surface area (Å²) < 4.78 is 10.6. The number of rotatable bonds is 4. The molecule has 3 heterocycles. The molecule has 36 heavy (non-hydrogen) atoms. The van der Waals surface area contributed by atoms with E-state index < -0.39 is 0 Å². The van der Waals surface area contributed by atoms with Crippen molar-refractivity contribution in [1.29, 1.82) is 0 Å². The van der Waals surface area contributed by atoms with Crippen LogP contribution in [0.15, 0.2) is 88.5 Å². The Kier molecular flexibility index (Phi) is 5.07. The van der Waals surface area contributed by atoms with Gasteiger partial charge in [-0.3, -0.25) is 13.9 Å². The number of nitrogens with one attached hydrogen (secondary N) is 1. The van der Waals surface area contributed by atoms with Crippen LogP contribution in [0.3, 0.4) is 0 Å². The molecule has 7 nitrogen and oxygen atoms in total. The molecule has 0 saturated heterocycles. The lowest BCUT2D eigenvalue weighted by Gasteiger charge is -2.31. The third-order valence-electron chi connectivity index (χ3n) is 6.90. The van der Waals surface area contributed by atoms with E-state index in [1.54, 1.807) is 11.6 Å². The quantitative estimate of drug-likeness (QED) is 0.410. The molecule has 3 aromatic carbocycles. The summed E-state index contributed by atoms with van der Waals surface area (Å²) in [6.07, 6.45) is 0. The largest absolute Gasteiger partial charge is 0.494 e. The van der Waals surface area contributed by atoms with Gasteiger partial charge in [-0.05, 0) is 42.3 Å². The molecule has 1 unspecified atom stereocenters. The predicted octanol–water partition coefficient (Wildman–Crippen LogP) is 4.61. The van der Waals surface area contributed by atoms with Gasteiger partial charge in [-0.15, -0.1) is 0 Å². The van der Waals surface area contributed by atoms with Crippen LogP contribution < -0.4 is 21.3 Å². The second-order valence-electron chi connectivity index (χ2n) is 8.96. The molecule has 0 spiro atoms. The van der Waals surface area contributed by atoms with E-state index in [0.29, 0.717) is 17.5 Å². The van der Waals surface area contributed by atoms with E-state index in [2.05, 4.69) is 9.88 Å². The Bertz CT molecular complexity index is 1730. The summed E-state index contributed by atoms with van der Waals surface area (Å²) >= 11 is 0. The fourth-order valence-corrected chi connectivity index (χ4v) is 5.26. The molecular weight excluding hydrogens is 452 g/mol. The van der Waals surface area contributed by atoms with Gasteiger partial charge in [-0.2, -0.15) is 0 Å². The van der Waals surface area contributed by atoms with Crippen molar-refractivity contribution in [3.05, 3.63) is 111 Å². The standard InChI is InChI=1S/C29H26N4O3/c1-4-36-20-16-14-18(15-17-20)24-27-26-23(28(34)32(3)29(35)31(26)2)25(19-10-6-5-7-11-19)33(27)22-13-9-8-12-21(22)30-24/h5-17,24,30H,4H2,1-3H3. The summed E-state index contributed by atoms with van der Waals surface area (Å²) in [5.41, 5.74) is 5.38. The SMILES string of the molecule is CCOc1ccc(C2Nc3ccccc3-n3c(-c4ccccc4)c4c(=O)n(C)c(=O)n(C)c4c32)cc1. The summed E-state index contributed by atoms with van der Waals surface area (Å²) in [5, 5.41) is 4.20. The Morgan fingerprint density at radius 2 is 1.56 bits per heavy atom. The molecular formula is C29H26N4O3. The van der Waals surface area contributed by atoms with Gasteiger partial charge in [0.25, 0.3) is 5.56 Å². The second kappa shape index (κ2) is 8.30. The first kappa shape index (κ1) is 22.0. The fraction of sp³-hybridized carbons (Fsp3) is 0.172. The highest BCUT2D eigenvalue weighted by molar-refractivity contribution is 5.99. The molecule has 7 heteroatoms. The number of anilines is 1. The van der Waals surface area contributed by atoms with Crippen LogP contribution in [-0.2, 0) is 14.1 Å². The van der Waals surface area contributed by atoms with Crippen molar-refractivity contribution in [2.75, 3.05) is 11.9 Å². The Labute approximate surface area is 207 Å². The van der Waals surface area contributed by atoms with Gasteiger partial charge in [-0.25, -0.2) is 4.79 Å². The van der Waals surface area contributed by atoms with Crippen LogP contribution in [0.4, 0.5) is 5.69 Å². The summed E-state index contributed by atoms with van der Waals surface area (Å²) in [5.74, 6) is 0.795. The maximum atomic E-state index is 13.7. The zero-order valence-electron chi connectivity index (χ0n) is 20.4. The van der Waals surface area contributed by atoms with E-state index in [1.807, 2.05) is 85.8 Å². The van der Waals surface area contributed by atoms with Crippen molar-refractivity contribution in [3.8, 4) is 22.7 Å². The molecule has 0 aliphatic carbocycles. The number of hydrogen-bond donors (Lipinski definition) is 1. The van der Waals surface area contributed by atoms with Gasteiger partial charge in [0.1, 0.15) is 5.75 Å². The van der Waals surface area contributed by atoms with Gasteiger partial charge < -0.3 is 14.6 Å². The van der Waals surface area contributed by atoms with Crippen LogP contribution in [0.25, 0.3) is 27.8 Å². The number of aryl methyl sites for hydroxylation is 1. The van der Waals surface area contributed by atoms with Crippen molar-refractivity contribution in [3.63, 3.8) is 0 Å². The summed E-state index contributed by atoms with van der Waals surface area (Å²) in [7, 11) is 3.27. The Balaban J connectivity index is 1.78. The minimum Gasteiger partial charge on any atom is -0.494 e. The van der Waals surface area contributed by atoms with Gasteiger partial charge in [0, 0.05) is 14.1 Å². The number of benzene rings is 3. The van der Waals surface area contributed by atoms with E-state index in [1.165, 1.54) is 11.6 Å². The molecule has 0 amide bonds. The predicted molar refractivity (Wildman–Crippen MR) is 142 cm³/mol. The Morgan fingerprint density at radius 1 is 0.861 bits per heavy atom. The van der Waals surface area contributed by atoms with Crippen LogP contribution in [0.5, 0.6) is 5.75 Å². The third kappa shape index (κ3) is 3.12. The topological polar surface area (TPSA) is 70.2 Å². The molecule has 1 aliphatic heterocycles. The van der Waals surface area contributed by atoms with Crippen LogP contribution in [-0.4, -0.2) is 20.3 Å². The molecule has 0 radical (unpaired) electrons. The molecule has 0 fully saturated rings. The maximum Gasteiger partial charge on any atom is 0.331 e. The lowest BCUT2D eigenvalue weighted by Crippen LogP contribution is -2.37. The van der Waals surface area contributed by atoms with Gasteiger partial charge in [-0.1, -0.05) is 54.6 Å². The number of ether oxygens (including phenoxy) is 1. The van der Waals surface area contributed by atoms with E-state index in [0.717, 1.165) is 39.6 Å². The zero-order valence-corrected chi connectivity index (χ0v) is 20.4. The fourth-order valence-electron chi connectivity index (χ4n) is 5.26. The van der Waals surface area contributed by atoms with Crippen LogP contribution in [0.1, 0.15) is 24.2 Å². The molecule has 6 rings (SSSR count). The maximum absolute atomic E-state index is 13.7. The van der Waals surface area contributed by atoms with Crippen molar-refractivity contribution < 1.29 is 4.74 Å². The number of fused-ring (bicyclic) bond motifs is 5. The van der Waals surface area contributed by atoms with Gasteiger partial charge >= 0.3 is 5.69 Å². The smallest absolute Gasteiger partial charge is 0.331 e. The molecule has 1 aliphatic rings. The normalized spacial score (nSPS) is 14.2. The van der Waals surface area contributed by atoms with Crippen LogP contribution in [0.2, 0.25) is 0 Å². The van der Waals surface area contributed by atoms with Crippen molar-refractivity contribution in [1.82, 2.24) is 13.7 Å². The first-order valence-corrected chi connectivity index (χ1v) is 12.0. The minimum atomic E-state index is -0.357. The van der Waals surface area contributed by atoms with Crippen LogP contribution in [0, 0.1) is 0 Å². The van der Waals surface area contributed by atoms with Gasteiger partial charge in [0.05, 0.1) is 46.3 Å².